The summed E-state index contributed by atoms with van der Waals surface area (Å²) in [6, 6.07) is 11.6. The lowest BCUT2D eigenvalue weighted by Crippen LogP contribution is -2.37. The van der Waals surface area contributed by atoms with Crippen LogP contribution in [-0.4, -0.2) is 40.9 Å². The van der Waals surface area contributed by atoms with Crippen LogP contribution in [0, 0.1) is 12.8 Å². The predicted molar refractivity (Wildman–Crippen MR) is 111 cm³/mol. The minimum Gasteiger partial charge on any atom is -0.478 e. The topological polar surface area (TPSA) is 86.7 Å². The highest BCUT2D eigenvalue weighted by Crippen LogP contribution is 2.21. The van der Waals surface area contributed by atoms with Gasteiger partial charge in [-0.15, -0.1) is 0 Å². The summed E-state index contributed by atoms with van der Waals surface area (Å²) in [6.07, 6.45) is 2.14. The van der Waals surface area contributed by atoms with Crippen LogP contribution in [0.5, 0.6) is 0 Å². The smallest absolute Gasteiger partial charge is 0.335 e. The second-order valence-electron chi connectivity index (χ2n) is 7.73. The number of carbonyl (C=O) groups is 3. The number of carboxylic acids is 1. The monoisotopic (exact) mass is 394 g/mol. The molecule has 0 bridgehead atoms. The Hall–Kier alpha value is -3.15. The number of rotatable bonds is 5. The largest absolute Gasteiger partial charge is 0.478 e. The van der Waals surface area contributed by atoms with E-state index in [1.165, 1.54) is 12.1 Å². The lowest BCUT2D eigenvalue weighted by atomic mass is 9.98. The van der Waals surface area contributed by atoms with Crippen LogP contribution in [0.15, 0.2) is 42.5 Å². The number of hydrogen-bond donors (Lipinski definition) is 2. The first-order chi connectivity index (χ1) is 13.8. The van der Waals surface area contributed by atoms with E-state index < -0.39 is 5.97 Å². The molecule has 3 rings (SSSR count). The molecule has 2 aromatic carbocycles. The Morgan fingerprint density at radius 3 is 2.45 bits per heavy atom. The molecule has 0 aromatic heterocycles. The molecule has 1 saturated heterocycles. The molecule has 6 nitrogen and oxygen atoms in total. The van der Waals surface area contributed by atoms with Crippen molar-refractivity contribution in [2.45, 2.75) is 33.1 Å². The number of piperidine rings is 1. The van der Waals surface area contributed by atoms with Crippen molar-refractivity contribution in [3.63, 3.8) is 0 Å². The quantitative estimate of drug-likeness (QED) is 0.809. The number of amides is 2. The highest BCUT2D eigenvalue weighted by atomic mass is 16.4. The second-order valence-corrected chi connectivity index (χ2v) is 7.73. The van der Waals surface area contributed by atoms with E-state index in [2.05, 4.69) is 12.2 Å². The SMILES string of the molecule is Cc1cc(C(=O)N2CCC(C)CC2)ccc1NC(=O)Cc1cccc(C(=O)O)c1. The maximum absolute atomic E-state index is 12.7. The number of benzene rings is 2. The van der Waals surface area contributed by atoms with Crippen LogP contribution in [0.4, 0.5) is 5.69 Å². The minimum atomic E-state index is -1.02. The number of nitrogens with one attached hydrogen (secondary N) is 1. The Kier molecular flexibility index (Phi) is 6.32. The summed E-state index contributed by atoms with van der Waals surface area (Å²) in [7, 11) is 0. The van der Waals surface area contributed by atoms with Crippen LogP contribution in [0.1, 0.15) is 51.6 Å². The maximum atomic E-state index is 12.7. The molecule has 0 saturated carbocycles. The van der Waals surface area contributed by atoms with Gasteiger partial charge < -0.3 is 15.3 Å². The highest BCUT2D eigenvalue weighted by Gasteiger charge is 2.21. The summed E-state index contributed by atoms with van der Waals surface area (Å²) in [5.41, 5.74) is 2.87. The molecule has 0 spiro atoms. The Labute approximate surface area is 170 Å². The second kappa shape index (κ2) is 8.90. The Morgan fingerprint density at radius 1 is 1.07 bits per heavy atom. The van der Waals surface area contributed by atoms with E-state index >= 15 is 0 Å². The fourth-order valence-corrected chi connectivity index (χ4v) is 3.53. The standard InChI is InChI=1S/C23H26N2O4/c1-15-8-10-25(11-9-15)22(27)18-6-7-20(16(2)12-18)24-21(26)14-17-4-3-5-19(13-17)23(28)29/h3-7,12-13,15H,8-11,14H2,1-2H3,(H,24,26)(H,28,29). The zero-order valence-corrected chi connectivity index (χ0v) is 16.8. The van der Waals surface area contributed by atoms with Crippen LogP contribution in [0.25, 0.3) is 0 Å². The van der Waals surface area contributed by atoms with Crippen molar-refractivity contribution < 1.29 is 19.5 Å². The zero-order valence-electron chi connectivity index (χ0n) is 16.8. The first-order valence-corrected chi connectivity index (χ1v) is 9.85. The molecule has 1 aliphatic heterocycles. The molecule has 1 aliphatic rings. The number of hydrogen-bond acceptors (Lipinski definition) is 3. The first-order valence-electron chi connectivity index (χ1n) is 9.85. The van der Waals surface area contributed by atoms with E-state index in [0.717, 1.165) is 31.5 Å². The van der Waals surface area contributed by atoms with Crippen LogP contribution < -0.4 is 5.32 Å². The zero-order chi connectivity index (χ0) is 21.0. The molecule has 6 heteroatoms. The number of carbonyl (C=O) groups excluding carboxylic acids is 2. The van der Waals surface area contributed by atoms with Gasteiger partial charge in [-0.3, -0.25) is 9.59 Å². The van der Waals surface area contributed by atoms with Gasteiger partial charge in [-0.2, -0.15) is 0 Å². The number of anilines is 1. The van der Waals surface area contributed by atoms with E-state index in [1.54, 1.807) is 30.3 Å². The van der Waals surface area contributed by atoms with Crippen LogP contribution >= 0.6 is 0 Å². The average molecular weight is 394 g/mol. The minimum absolute atomic E-state index is 0.0309. The highest BCUT2D eigenvalue weighted by molar-refractivity contribution is 5.97. The molecule has 2 N–H and O–H groups in total. The van der Waals surface area contributed by atoms with E-state index in [9.17, 15) is 14.4 Å². The summed E-state index contributed by atoms with van der Waals surface area (Å²) in [5, 5.41) is 11.9. The maximum Gasteiger partial charge on any atom is 0.335 e. The van der Waals surface area contributed by atoms with Gasteiger partial charge in [-0.1, -0.05) is 19.1 Å². The van der Waals surface area contributed by atoms with Gasteiger partial charge in [0.1, 0.15) is 0 Å². The van der Waals surface area contributed by atoms with Crippen LogP contribution in [0.2, 0.25) is 0 Å². The van der Waals surface area contributed by atoms with Crippen molar-refractivity contribution in [1.29, 1.82) is 0 Å². The van der Waals surface area contributed by atoms with Gasteiger partial charge in [0.15, 0.2) is 0 Å². The number of aromatic carboxylic acids is 1. The molecule has 2 amide bonds. The van der Waals surface area contributed by atoms with Gasteiger partial charge in [-0.25, -0.2) is 4.79 Å². The number of nitrogens with zero attached hydrogens (tertiary/aromatic N) is 1. The molecule has 0 atom stereocenters. The Bertz CT molecular complexity index is 930. The predicted octanol–water partition coefficient (Wildman–Crippen LogP) is 3.75. The molecule has 152 valence electrons. The summed E-state index contributed by atoms with van der Waals surface area (Å²) in [5.74, 6) is -0.566. The normalized spacial score (nSPS) is 14.5. The fraction of sp³-hybridized carbons (Fsp3) is 0.348. The molecule has 1 fully saturated rings. The van der Waals surface area contributed by atoms with Crippen LogP contribution in [-0.2, 0) is 11.2 Å². The van der Waals surface area contributed by atoms with Gasteiger partial charge in [0.25, 0.3) is 5.91 Å². The Balaban J connectivity index is 1.64. The molecule has 29 heavy (non-hydrogen) atoms. The lowest BCUT2D eigenvalue weighted by Gasteiger charge is -2.30. The van der Waals surface area contributed by atoms with Crippen molar-refractivity contribution in [3.8, 4) is 0 Å². The van der Waals surface area contributed by atoms with E-state index in [0.29, 0.717) is 22.7 Å². The van der Waals surface area contributed by atoms with Crippen LogP contribution in [0.3, 0.4) is 0 Å². The third-order valence-electron chi connectivity index (χ3n) is 5.36. The molecular formula is C23H26N2O4. The van der Waals surface area contributed by atoms with E-state index in [-0.39, 0.29) is 23.8 Å². The molecule has 0 radical (unpaired) electrons. The number of carboxylic acid groups (broad SMARTS) is 1. The summed E-state index contributed by atoms with van der Waals surface area (Å²) in [6.45, 7) is 5.64. The van der Waals surface area contributed by atoms with Gasteiger partial charge in [-0.05, 0) is 67.1 Å². The first kappa shape index (κ1) is 20.6. The van der Waals surface area contributed by atoms with Crippen molar-refractivity contribution in [3.05, 3.63) is 64.7 Å². The fourth-order valence-electron chi connectivity index (χ4n) is 3.53. The summed E-state index contributed by atoms with van der Waals surface area (Å²) < 4.78 is 0. The van der Waals surface area contributed by atoms with Crippen molar-refractivity contribution in [2.24, 2.45) is 5.92 Å². The van der Waals surface area contributed by atoms with Gasteiger partial charge in [0.05, 0.1) is 12.0 Å². The lowest BCUT2D eigenvalue weighted by molar-refractivity contribution is -0.115. The van der Waals surface area contributed by atoms with Gasteiger partial charge >= 0.3 is 5.97 Å². The number of likely N-dealkylation sites (tertiary alicyclic amines) is 1. The van der Waals surface area contributed by atoms with Gasteiger partial charge in [0, 0.05) is 24.3 Å². The van der Waals surface area contributed by atoms with Crippen molar-refractivity contribution in [2.75, 3.05) is 18.4 Å². The molecule has 2 aromatic rings. The summed E-state index contributed by atoms with van der Waals surface area (Å²) >= 11 is 0. The van der Waals surface area contributed by atoms with Crippen molar-refractivity contribution in [1.82, 2.24) is 4.90 Å². The molecule has 1 heterocycles. The van der Waals surface area contributed by atoms with Crippen molar-refractivity contribution >= 4 is 23.5 Å². The van der Waals surface area contributed by atoms with Gasteiger partial charge in [0.2, 0.25) is 5.91 Å². The third kappa shape index (κ3) is 5.22. The summed E-state index contributed by atoms with van der Waals surface area (Å²) in [4.78, 5) is 38.0. The van der Waals surface area contributed by atoms with E-state index in [1.807, 2.05) is 11.8 Å². The number of aryl methyl sites for hydroxylation is 1. The molecular weight excluding hydrogens is 368 g/mol. The molecule has 0 aliphatic carbocycles. The molecule has 0 unspecified atom stereocenters. The third-order valence-corrected chi connectivity index (χ3v) is 5.36. The van der Waals surface area contributed by atoms with E-state index in [4.69, 9.17) is 5.11 Å². The Morgan fingerprint density at radius 2 is 1.79 bits per heavy atom. The average Bonchev–Trinajstić information content (AvgIpc) is 2.69.